The van der Waals surface area contributed by atoms with Gasteiger partial charge in [-0.25, -0.2) is 0 Å². The summed E-state index contributed by atoms with van der Waals surface area (Å²) in [5.41, 5.74) is 4.81. The molecule has 4 rings (SSSR count). The van der Waals surface area contributed by atoms with Gasteiger partial charge >= 0.3 is 0 Å². The zero-order chi connectivity index (χ0) is 23.6. The van der Waals surface area contributed by atoms with Crippen LogP contribution >= 0.6 is 23.2 Å². The third-order valence-electron chi connectivity index (χ3n) is 6.43. The Kier molecular flexibility index (Phi) is 6.83. The SMILES string of the molecule is C=C(Cc1cccc(-c2cccc(Cl)c2)c1)N1CCC1(C)C(=O)N(C)Cc1ccc(Cl)cc1. The van der Waals surface area contributed by atoms with Gasteiger partial charge in [0.25, 0.3) is 0 Å². The zero-order valence-corrected chi connectivity index (χ0v) is 20.5. The quantitative estimate of drug-likeness (QED) is 0.371. The molecular weight excluding hydrogens is 451 g/mol. The van der Waals surface area contributed by atoms with E-state index in [1.807, 2.05) is 56.4 Å². The molecule has 1 unspecified atom stereocenters. The molecular formula is C28H28Cl2N2O. The van der Waals surface area contributed by atoms with Crippen molar-refractivity contribution in [1.29, 1.82) is 0 Å². The summed E-state index contributed by atoms with van der Waals surface area (Å²) < 4.78 is 0. The average Bonchev–Trinajstić information content (AvgIpc) is 2.79. The first-order valence-electron chi connectivity index (χ1n) is 11.1. The average molecular weight is 479 g/mol. The van der Waals surface area contributed by atoms with Crippen LogP contribution in [-0.4, -0.2) is 34.8 Å². The fraction of sp³-hybridized carbons (Fsp3) is 0.250. The number of rotatable bonds is 7. The second-order valence-electron chi connectivity index (χ2n) is 8.92. The maximum atomic E-state index is 13.4. The Morgan fingerprint density at radius 2 is 1.64 bits per heavy atom. The molecule has 3 aromatic carbocycles. The monoisotopic (exact) mass is 478 g/mol. The van der Waals surface area contributed by atoms with Gasteiger partial charge in [0.05, 0.1) is 0 Å². The van der Waals surface area contributed by atoms with Gasteiger partial charge in [-0.3, -0.25) is 4.79 Å². The maximum Gasteiger partial charge on any atom is 0.248 e. The molecule has 33 heavy (non-hydrogen) atoms. The third kappa shape index (κ3) is 5.10. The van der Waals surface area contributed by atoms with Crippen molar-refractivity contribution >= 4 is 29.1 Å². The number of halogens is 2. The van der Waals surface area contributed by atoms with E-state index in [4.69, 9.17) is 23.2 Å². The highest BCUT2D eigenvalue weighted by molar-refractivity contribution is 6.31. The number of likely N-dealkylation sites (N-methyl/N-ethyl adjacent to an activating group) is 1. The van der Waals surface area contributed by atoms with E-state index < -0.39 is 5.54 Å². The van der Waals surface area contributed by atoms with Crippen LogP contribution in [0.25, 0.3) is 11.1 Å². The Bertz CT molecular complexity index is 1170. The van der Waals surface area contributed by atoms with Crippen LogP contribution in [0.1, 0.15) is 24.5 Å². The topological polar surface area (TPSA) is 23.6 Å². The Morgan fingerprint density at radius 1 is 0.970 bits per heavy atom. The van der Waals surface area contributed by atoms with Crippen molar-refractivity contribution in [3.8, 4) is 11.1 Å². The minimum absolute atomic E-state index is 0.109. The minimum atomic E-state index is -0.567. The molecule has 3 nitrogen and oxygen atoms in total. The predicted molar refractivity (Wildman–Crippen MR) is 137 cm³/mol. The molecule has 0 aromatic heterocycles. The van der Waals surface area contributed by atoms with Gasteiger partial charge in [-0.1, -0.05) is 78.3 Å². The Hall–Kier alpha value is -2.75. The summed E-state index contributed by atoms with van der Waals surface area (Å²) >= 11 is 12.2. The van der Waals surface area contributed by atoms with Crippen LogP contribution in [0.2, 0.25) is 10.0 Å². The molecule has 0 bridgehead atoms. The van der Waals surface area contributed by atoms with Crippen molar-refractivity contribution in [2.45, 2.75) is 31.8 Å². The van der Waals surface area contributed by atoms with E-state index in [9.17, 15) is 4.79 Å². The molecule has 0 radical (unpaired) electrons. The van der Waals surface area contributed by atoms with Crippen LogP contribution in [0.3, 0.4) is 0 Å². The first-order valence-corrected chi connectivity index (χ1v) is 11.8. The largest absolute Gasteiger partial charge is 0.361 e. The maximum absolute atomic E-state index is 13.4. The van der Waals surface area contributed by atoms with E-state index in [0.717, 1.165) is 45.9 Å². The summed E-state index contributed by atoms with van der Waals surface area (Å²) in [4.78, 5) is 17.3. The summed E-state index contributed by atoms with van der Waals surface area (Å²) in [5.74, 6) is 0.109. The van der Waals surface area contributed by atoms with Crippen LogP contribution in [0.4, 0.5) is 0 Å². The number of nitrogens with zero attached hydrogens (tertiary/aromatic N) is 2. The highest BCUT2D eigenvalue weighted by Crippen LogP contribution is 2.36. The van der Waals surface area contributed by atoms with Crippen LogP contribution in [0.15, 0.2) is 85.1 Å². The molecule has 0 spiro atoms. The van der Waals surface area contributed by atoms with Crippen LogP contribution in [0, 0.1) is 0 Å². The molecule has 1 aliphatic rings. The van der Waals surface area contributed by atoms with Crippen LogP contribution in [-0.2, 0) is 17.8 Å². The molecule has 0 N–H and O–H groups in total. The van der Waals surface area contributed by atoms with Crippen molar-refractivity contribution in [2.75, 3.05) is 13.6 Å². The predicted octanol–water partition coefficient (Wildman–Crippen LogP) is 6.84. The van der Waals surface area contributed by atoms with E-state index >= 15 is 0 Å². The molecule has 1 heterocycles. The molecule has 1 aliphatic heterocycles. The van der Waals surface area contributed by atoms with Gasteiger partial charge in [0.2, 0.25) is 5.91 Å². The number of carbonyl (C=O) groups is 1. The summed E-state index contributed by atoms with van der Waals surface area (Å²) in [6.07, 6.45) is 1.51. The number of likely N-dealkylation sites (tertiary alicyclic amines) is 1. The highest BCUT2D eigenvalue weighted by Gasteiger charge is 2.48. The normalized spacial score (nSPS) is 17.4. The van der Waals surface area contributed by atoms with Crippen molar-refractivity contribution in [3.63, 3.8) is 0 Å². The third-order valence-corrected chi connectivity index (χ3v) is 6.92. The van der Waals surface area contributed by atoms with E-state index in [1.54, 1.807) is 4.90 Å². The van der Waals surface area contributed by atoms with Gasteiger partial charge in [0, 0.05) is 42.3 Å². The van der Waals surface area contributed by atoms with Gasteiger partial charge in [0.15, 0.2) is 0 Å². The number of allylic oxidation sites excluding steroid dienone is 1. The van der Waals surface area contributed by atoms with Crippen molar-refractivity contribution < 1.29 is 4.79 Å². The van der Waals surface area contributed by atoms with Crippen molar-refractivity contribution in [2.24, 2.45) is 0 Å². The molecule has 5 heteroatoms. The Labute approximate surface area is 206 Å². The second-order valence-corrected chi connectivity index (χ2v) is 9.79. The first-order chi connectivity index (χ1) is 15.8. The fourth-order valence-electron chi connectivity index (χ4n) is 4.50. The minimum Gasteiger partial charge on any atom is -0.361 e. The molecule has 1 atom stereocenters. The zero-order valence-electron chi connectivity index (χ0n) is 19.0. The van der Waals surface area contributed by atoms with Gasteiger partial charge in [-0.15, -0.1) is 0 Å². The summed E-state index contributed by atoms with van der Waals surface area (Å²) in [7, 11) is 1.86. The van der Waals surface area contributed by atoms with Crippen molar-refractivity contribution in [3.05, 3.63) is 106 Å². The summed E-state index contributed by atoms with van der Waals surface area (Å²) in [6.45, 7) is 7.74. The molecule has 1 fully saturated rings. The molecule has 170 valence electrons. The van der Waals surface area contributed by atoms with Crippen molar-refractivity contribution in [1.82, 2.24) is 9.80 Å². The second kappa shape index (κ2) is 9.62. The first kappa shape index (κ1) is 23.4. The number of benzene rings is 3. The Balaban J connectivity index is 1.44. The number of amides is 1. The number of hydrogen-bond donors (Lipinski definition) is 0. The molecule has 0 saturated carbocycles. The smallest absolute Gasteiger partial charge is 0.248 e. The van der Waals surface area contributed by atoms with Crippen LogP contribution < -0.4 is 0 Å². The van der Waals surface area contributed by atoms with E-state index in [2.05, 4.69) is 41.8 Å². The van der Waals surface area contributed by atoms with E-state index in [1.165, 1.54) is 0 Å². The lowest BCUT2D eigenvalue weighted by molar-refractivity contribution is -0.149. The van der Waals surface area contributed by atoms with Gasteiger partial charge in [-0.2, -0.15) is 0 Å². The fourth-order valence-corrected chi connectivity index (χ4v) is 4.81. The lowest BCUT2D eigenvalue weighted by Crippen LogP contribution is -2.65. The van der Waals surface area contributed by atoms with E-state index in [-0.39, 0.29) is 5.91 Å². The number of carbonyl (C=O) groups excluding carboxylic acids is 1. The lowest BCUT2D eigenvalue weighted by Gasteiger charge is -2.53. The summed E-state index contributed by atoms with van der Waals surface area (Å²) in [5, 5.41) is 1.42. The highest BCUT2D eigenvalue weighted by atomic mass is 35.5. The molecule has 1 amide bonds. The van der Waals surface area contributed by atoms with E-state index in [0.29, 0.717) is 18.0 Å². The van der Waals surface area contributed by atoms with Gasteiger partial charge in [-0.05, 0) is 59.9 Å². The number of hydrogen-bond acceptors (Lipinski definition) is 2. The molecule has 0 aliphatic carbocycles. The Morgan fingerprint density at radius 3 is 2.27 bits per heavy atom. The molecule has 1 saturated heterocycles. The van der Waals surface area contributed by atoms with Crippen LogP contribution in [0.5, 0.6) is 0 Å². The summed E-state index contributed by atoms with van der Waals surface area (Å²) in [6, 6.07) is 23.9. The van der Waals surface area contributed by atoms with Gasteiger partial charge < -0.3 is 9.80 Å². The standard InChI is InChI=1S/C28H28Cl2N2O/c1-20(16-22-6-4-7-23(17-22)24-8-5-9-26(30)18-24)32-15-14-28(32,2)27(33)31(3)19-21-10-12-25(29)13-11-21/h4-13,17-18H,1,14-16,19H2,2-3H3. The lowest BCUT2D eigenvalue weighted by atomic mass is 9.83. The molecule has 3 aromatic rings. The van der Waals surface area contributed by atoms with Gasteiger partial charge in [0.1, 0.15) is 5.54 Å².